The van der Waals surface area contributed by atoms with Crippen LogP contribution < -0.4 is 0 Å². The van der Waals surface area contributed by atoms with Crippen molar-refractivity contribution in [2.75, 3.05) is 6.61 Å². The Kier molecular flexibility index (Phi) is 7.36. The van der Waals surface area contributed by atoms with Crippen LogP contribution in [0, 0.1) is 0 Å². The highest BCUT2D eigenvalue weighted by Gasteiger charge is 2.45. The van der Waals surface area contributed by atoms with Crippen LogP contribution in [-0.4, -0.2) is 69.8 Å². The summed E-state index contributed by atoms with van der Waals surface area (Å²) < 4.78 is 16.0. The molecular formula is C18H26O8. The van der Waals surface area contributed by atoms with Crippen LogP contribution in [0.5, 0.6) is 5.75 Å². The van der Waals surface area contributed by atoms with Gasteiger partial charge in [-0.2, -0.15) is 0 Å². The summed E-state index contributed by atoms with van der Waals surface area (Å²) >= 11 is 0. The Labute approximate surface area is 151 Å². The van der Waals surface area contributed by atoms with Crippen LogP contribution >= 0.6 is 0 Å². The average Bonchev–Trinajstić information content (AvgIpc) is 2.60. The van der Waals surface area contributed by atoms with Crippen LogP contribution in [0.3, 0.4) is 0 Å². The number of aromatic hydroxyl groups is 1. The first-order chi connectivity index (χ1) is 12.3. The molecule has 0 bridgehead atoms. The summed E-state index contributed by atoms with van der Waals surface area (Å²) in [5.41, 5.74) is 1.02. The first-order valence-electron chi connectivity index (χ1n) is 8.54. The van der Waals surface area contributed by atoms with Crippen molar-refractivity contribution in [2.45, 2.75) is 63.5 Å². The van der Waals surface area contributed by atoms with Gasteiger partial charge in [0.2, 0.25) is 0 Å². The Bertz CT molecular complexity index is 575. The van der Waals surface area contributed by atoms with Gasteiger partial charge < -0.3 is 34.6 Å². The number of esters is 1. The Balaban J connectivity index is 1.88. The van der Waals surface area contributed by atoms with E-state index in [1.807, 2.05) is 12.1 Å². The van der Waals surface area contributed by atoms with Gasteiger partial charge in [0.25, 0.3) is 0 Å². The highest BCUT2D eigenvalue weighted by atomic mass is 16.7. The maximum Gasteiger partial charge on any atom is 0.302 e. The van der Waals surface area contributed by atoms with Crippen molar-refractivity contribution in [3.63, 3.8) is 0 Å². The molecule has 1 aromatic rings. The third-order valence-corrected chi connectivity index (χ3v) is 4.26. The summed E-state index contributed by atoms with van der Waals surface area (Å²) in [6.45, 7) is 2.77. The van der Waals surface area contributed by atoms with Gasteiger partial charge >= 0.3 is 5.97 Å². The van der Waals surface area contributed by atoms with Crippen LogP contribution in [0.15, 0.2) is 24.3 Å². The van der Waals surface area contributed by atoms with E-state index in [-0.39, 0.29) is 18.5 Å². The quantitative estimate of drug-likeness (QED) is 0.498. The molecule has 1 aliphatic rings. The van der Waals surface area contributed by atoms with E-state index in [0.717, 1.165) is 5.56 Å². The zero-order chi connectivity index (χ0) is 19.3. The van der Waals surface area contributed by atoms with Crippen LogP contribution in [0.25, 0.3) is 0 Å². The molecule has 146 valence electrons. The molecule has 26 heavy (non-hydrogen) atoms. The number of aliphatic hydroxyl groups excluding tert-OH is 3. The summed E-state index contributed by atoms with van der Waals surface area (Å²) in [6.07, 6.45) is -5.43. The lowest BCUT2D eigenvalue weighted by atomic mass is 9.99. The van der Waals surface area contributed by atoms with E-state index in [0.29, 0.717) is 12.8 Å². The summed E-state index contributed by atoms with van der Waals surface area (Å²) in [6, 6.07) is 6.82. The lowest BCUT2D eigenvalue weighted by Crippen LogP contribution is -2.59. The third kappa shape index (κ3) is 5.65. The van der Waals surface area contributed by atoms with Crippen molar-refractivity contribution in [2.24, 2.45) is 0 Å². The summed E-state index contributed by atoms with van der Waals surface area (Å²) in [5, 5.41) is 39.3. The number of aryl methyl sites for hydroxylation is 1. The molecule has 6 atom stereocenters. The molecule has 1 aromatic carbocycles. The molecule has 0 aromatic heterocycles. The van der Waals surface area contributed by atoms with Crippen molar-refractivity contribution >= 4 is 5.97 Å². The standard InChI is InChI=1S/C18H26O8/c1-10(3-4-12-5-7-13(20)8-6-12)25-18-17(23)16(22)15(21)14(26-18)9-24-11(2)19/h5-8,10,14-18,20-23H,3-4,9H2,1-2H3/t10-,14-,15-,16+,17-,18-/m1/s1. The second-order valence-corrected chi connectivity index (χ2v) is 6.47. The van der Waals surface area contributed by atoms with E-state index in [9.17, 15) is 25.2 Å². The molecule has 8 heteroatoms. The number of ether oxygens (including phenoxy) is 3. The number of carbonyl (C=O) groups excluding carboxylic acids is 1. The number of hydrogen-bond acceptors (Lipinski definition) is 8. The number of aliphatic hydroxyl groups is 3. The third-order valence-electron chi connectivity index (χ3n) is 4.26. The smallest absolute Gasteiger partial charge is 0.302 e. The largest absolute Gasteiger partial charge is 0.508 e. The Morgan fingerprint density at radius 1 is 1.15 bits per heavy atom. The van der Waals surface area contributed by atoms with Gasteiger partial charge in [0, 0.05) is 6.92 Å². The van der Waals surface area contributed by atoms with E-state index in [1.54, 1.807) is 19.1 Å². The average molecular weight is 370 g/mol. The minimum absolute atomic E-state index is 0.197. The molecule has 0 radical (unpaired) electrons. The fraction of sp³-hybridized carbons (Fsp3) is 0.611. The highest BCUT2D eigenvalue weighted by Crippen LogP contribution is 2.24. The van der Waals surface area contributed by atoms with E-state index < -0.39 is 36.7 Å². The lowest BCUT2D eigenvalue weighted by molar-refractivity contribution is -0.310. The van der Waals surface area contributed by atoms with Crippen molar-refractivity contribution < 1.29 is 39.4 Å². The minimum atomic E-state index is -1.47. The molecule has 4 N–H and O–H groups in total. The Morgan fingerprint density at radius 2 is 1.81 bits per heavy atom. The van der Waals surface area contributed by atoms with Crippen molar-refractivity contribution in [3.8, 4) is 5.75 Å². The molecule has 0 saturated carbocycles. The van der Waals surface area contributed by atoms with Crippen molar-refractivity contribution in [1.82, 2.24) is 0 Å². The fourth-order valence-electron chi connectivity index (χ4n) is 2.70. The zero-order valence-corrected chi connectivity index (χ0v) is 14.8. The molecule has 1 fully saturated rings. The zero-order valence-electron chi connectivity index (χ0n) is 14.8. The monoisotopic (exact) mass is 370 g/mol. The van der Waals surface area contributed by atoms with Gasteiger partial charge in [-0.25, -0.2) is 0 Å². The molecular weight excluding hydrogens is 344 g/mol. The van der Waals surface area contributed by atoms with E-state index in [2.05, 4.69) is 0 Å². The van der Waals surface area contributed by atoms with Gasteiger partial charge in [0.05, 0.1) is 6.10 Å². The van der Waals surface area contributed by atoms with Crippen LogP contribution in [0.2, 0.25) is 0 Å². The van der Waals surface area contributed by atoms with Crippen molar-refractivity contribution in [1.29, 1.82) is 0 Å². The van der Waals surface area contributed by atoms with Gasteiger partial charge in [0.15, 0.2) is 6.29 Å². The van der Waals surface area contributed by atoms with Crippen LogP contribution in [0.4, 0.5) is 0 Å². The topological polar surface area (TPSA) is 126 Å². The predicted octanol–water partition coefficient (Wildman–Crippen LogP) is 0.101. The van der Waals surface area contributed by atoms with Gasteiger partial charge in [0.1, 0.15) is 36.8 Å². The molecule has 1 heterocycles. The fourth-order valence-corrected chi connectivity index (χ4v) is 2.70. The van der Waals surface area contributed by atoms with Gasteiger partial charge in [-0.1, -0.05) is 12.1 Å². The molecule has 1 saturated heterocycles. The number of rotatable bonds is 7. The molecule has 0 amide bonds. The van der Waals surface area contributed by atoms with Gasteiger partial charge in [-0.05, 0) is 37.5 Å². The van der Waals surface area contributed by atoms with Gasteiger partial charge in [-0.15, -0.1) is 0 Å². The van der Waals surface area contributed by atoms with Crippen LogP contribution in [0.1, 0.15) is 25.8 Å². The molecule has 2 rings (SSSR count). The highest BCUT2D eigenvalue weighted by molar-refractivity contribution is 5.65. The maximum atomic E-state index is 10.9. The summed E-state index contributed by atoms with van der Waals surface area (Å²) in [4.78, 5) is 10.9. The number of hydrogen-bond donors (Lipinski definition) is 4. The summed E-state index contributed by atoms with van der Waals surface area (Å²) in [5.74, 6) is -0.343. The SMILES string of the molecule is CC(=O)OC[C@H]1O[C@@H](O[C@H](C)CCc2ccc(O)cc2)[C@H](O)[C@@H](O)[C@@H]1O. The number of phenols is 1. The summed E-state index contributed by atoms with van der Waals surface area (Å²) in [7, 11) is 0. The van der Waals surface area contributed by atoms with Crippen molar-refractivity contribution in [3.05, 3.63) is 29.8 Å². The number of benzene rings is 1. The van der Waals surface area contributed by atoms with E-state index in [1.165, 1.54) is 6.92 Å². The van der Waals surface area contributed by atoms with Crippen LogP contribution in [-0.2, 0) is 25.4 Å². The second kappa shape index (κ2) is 9.29. The molecule has 0 unspecified atom stereocenters. The first-order valence-corrected chi connectivity index (χ1v) is 8.54. The minimum Gasteiger partial charge on any atom is -0.508 e. The maximum absolute atomic E-state index is 10.9. The molecule has 0 aliphatic carbocycles. The number of carbonyl (C=O) groups is 1. The van der Waals surface area contributed by atoms with Gasteiger partial charge in [-0.3, -0.25) is 4.79 Å². The second-order valence-electron chi connectivity index (χ2n) is 6.47. The number of phenolic OH excluding ortho intramolecular Hbond substituents is 1. The van der Waals surface area contributed by atoms with E-state index >= 15 is 0 Å². The predicted molar refractivity (Wildman–Crippen MR) is 90.3 cm³/mol. The lowest BCUT2D eigenvalue weighted by Gasteiger charge is -2.40. The van der Waals surface area contributed by atoms with E-state index in [4.69, 9.17) is 14.2 Å². The Morgan fingerprint density at radius 3 is 2.42 bits per heavy atom. The molecule has 8 nitrogen and oxygen atoms in total. The first kappa shape index (κ1) is 20.6. The Hall–Kier alpha value is -1.71. The molecule has 0 spiro atoms. The molecule has 1 aliphatic heterocycles. The normalized spacial score (nSPS) is 30.0.